The molecule has 1 aromatic heterocycles. The fraction of sp³-hybridized carbons (Fsp3) is 0.154. The van der Waals surface area contributed by atoms with Gasteiger partial charge in [0.15, 0.2) is 5.69 Å². The van der Waals surface area contributed by atoms with Crippen LogP contribution in [0.2, 0.25) is 0 Å². The van der Waals surface area contributed by atoms with Crippen molar-refractivity contribution in [3.05, 3.63) is 56.4 Å². The number of carboxylic acids is 1. The van der Waals surface area contributed by atoms with Gasteiger partial charge >= 0.3 is 5.97 Å². The van der Waals surface area contributed by atoms with Crippen LogP contribution in [0.1, 0.15) is 16.1 Å². The number of methoxy groups -OCH3 is 1. The largest absolute Gasteiger partial charge is 0.496 e. The Kier molecular flexibility index (Phi) is 4.19. The van der Waals surface area contributed by atoms with Crippen molar-refractivity contribution in [2.24, 2.45) is 0 Å². The highest BCUT2D eigenvalue weighted by Gasteiger charge is 2.10. The minimum Gasteiger partial charge on any atom is -0.496 e. The van der Waals surface area contributed by atoms with Crippen LogP contribution < -0.4 is 10.3 Å². The van der Waals surface area contributed by atoms with Gasteiger partial charge in [-0.25, -0.2) is 9.48 Å². The Labute approximate surface area is 122 Å². The predicted molar refractivity (Wildman–Crippen MR) is 75.3 cm³/mol. The van der Waals surface area contributed by atoms with Crippen LogP contribution in [0.5, 0.6) is 5.75 Å². The number of nitrogens with zero attached hydrogens (tertiary/aromatic N) is 2. The molecule has 2 rings (SSSR count). The van der Waals surface area contributed by atoms with Gasteiger partial charge in [0.05, 0.1) is 13.7 Å². The molecule has 6 nitrogen and oxygen atoms in total. The van der Waals surface area contributed by atoms with Crippen molar-refractivity contribution in [3.8, 4) is 5.75 Å². The van der Waals surface area contributed by atoms with Gasteiger partial charge in [-0.15, -0.1) is 0 Å². The average molecular weight is 339 g/mol. The highest BCUT2D eigenvalue weighted by Crippen LogP contribution is 2.23. The van der Waals surface area contributed by atoms with Crippen LogP contribution in [0.25, 0.3) is 0 Å². The Hall–Kier alpha value is -2.15. The Balaban J connectivity index is 2.44. The molecule has 0 saturated carbocycles. The Bertz CT molecular complexity index is 712. The highest BCUT2D eigenvalue weighted by molar-refractivity contribution is 9.10. The maximum atomic E-state index is 11.7. The molecular weight excluding hydrogens is 328 g/mol. The second kappa shape index (κ2) is 5.87. The first-order chi connectivity index (χ1) is 9.51. The molecule has 1 N–H and O–H groups in total. The quantitative estimate of drug-likeness (QED) is 0.918. The first-order valence-electron chi connectivity index (χ1n) is 5.65. The van der Waals surface area contributed by atoms with E-state index in [1.54, 1.807) is 12.1 Å². The van der Waals surface area contributed by atoms with Gasteiger partial charge in [0, 0.05) is 16.1 Å². The second-order valence-electron chi connectivity index (χ2n) is 3.98. The molecule has 0 aliphatic carbocycles. The molecule has 7 heteroatoms. The predicted octanol–water partition coefficient (Wildman–Crippen LogP) is 1.76. The molecule has 0 amide bonds. The molecule has 0 unspecified atom stereocenters. The number of aromatic carboxylic acids is 1. The van der Waals surface area contributed by atoms with E-state index in [1.807, 2.05) is 6.07 Å². The summed E-state index contributed by atoms with van der Waals surface area (Å²) in [4.78, 5) is 22.6. The molecule has 0 fully saturated rings. The van der Waals surface area contributed by atoms with E-state index < -0.39 is 5.97 Å². The number of hydrogen-bond acceptors (Lipinski definition) is 4. The molecule has 20 heavy (non-hydrogen) atoms. The zero-order valence-electron chi connectivity index (χ0n) is 10.5. The van der Waals surface area contributed by atoms with Crippen molar-refractivity contribution < 1.29 is 14.6 Å². The fourth-order valence-corrected chi connectivity index (χ4v) is 2.12. The molecule has 1 aromatic carbocycles. The molecule has 0 saturated heterocycles. The van der Waals surface area contributed by atoms with E-state index in [2.05, 4.69) is 21.0 Å². The van der Waals surface area contributed by atoms with Gasteiger partial charge in [-0.2, -0.15) is 5.10 Å². The summed E-state index contributed by atoms with van der Waals surface area (Å²) in [7, 11) is 1.52. The number of benzene rings is 1. The summed E-state index contributed by atoms with van der Waals surface area (Å²) >= 11 is 3.34. The van der Waals surface area contributed by atoms with E-state index in [0.29, 0.717) is 5.75 Å². The first kappa shape index (κ1) is 14.3. The van der Waals surface area contributed by atoms with Crippen molar-refractivity contribution in [1.82, 2.24) is 9.78 Å². The Morgan fingerprint density at radius 1 is 1.40 bits per heavy atom. The lowest BCUT2D eigenvalue weighted by molar-refractivity contribution is 0.0687. The van der Waals surface area contributed by atoms with Gasteiger partial charge in [0.1, 0.15) is 5.75 Å². The summed E-state index contributed by atoms with van der Waals surface area (Å²) in [5, 5.41) is 12.7. The fourth-order valence-electron chi connectivity index (χ4n) is 1.71. The zero-order chi connectivity index (χ0) is 14.7. The number of carboxylic acid groups (broad SMARTS) is 1. The van der Waals surface area contributed by atoms with Crippen molar-refractivity contribution in [2.45, 2.75) is 6.54 Å². The summed E-state index contributed by atoms with van der Waals surface area (Å²) in [6.45, 7) is 0.128. The van der Waals surface area contributed by atoms with Gasteiger partial charge in [0.2, 0.25) is 0 Å². The number of hydrogen-bond donors (Lipinski definition) is 1. The minimum absolute atomic E-state index is 0.128. The number of rotatable bonds is 4. The van der Waals surface area contributed by atoms with Crippen molar-refractivity contribution >= 4 is 21.9 Å². The molecular formula is C13H11BrN2O4. The lowest BCUT2D eigenvalue weighted by Crippen LogP contribution is -2.25. The van der Waals surface area contributed by atoms with Gasteiger partial charge in [0.25, 0.3) is 5.56 Å². The van der Waals surface area contributed by atoms with Gasteiger partial charge in [-0.1, -0.05) is 15.9 Å². The average Bonchev–Trinajstić information content (AvgIpc) is 2.41. The van der Waals surface area contributed by atoms with Crippen molar-refractivity contribution in [1.29, 1.82) is 0 Å². The Morgan fingerprint density at radius 2 is 2.15 bits per heavy atom. The van der Waals surface area contributed by atoms with Gasteiger partial charge in [-0.05, 0) is 24.3 Å². The van der Waals surface area contributed by atoms with E-state index in [9.17, 15) is 9.59 Å². The third-order valence-electron chi connectivity index (χ3n) is 2.65. The minimum atomic E-state index is -1.18. The number of ether oxygens (including phenoxy) is 1. The summed E-state index contributed by atoms with van der Waals surface area (Å²) in [5.41, 5.74) is 0.162. The topological polar surface area (TPSA) is 81.4 Å². The lowest BCUT2D eigenvalue weighted by Gasteiger charge is -2.10. The number of carbonyl (C=O) groups is 1. The Morgan fingerprint density at radius 3 is 2.80 bits per heavy atom. The van der Waals surface area contributed by atoms with Gasteiger partial charge in [-0.3, -0.25) is 4.79 Å². The first-order valence-corrected chi connectivity index (χ1v) is 6.44. The van der Waals surface area contributed by atoms with Crippen LogP contribution in [0.15, 0.2) is 39.6 Å². The molecule has 2 aromatic rings. The van der Waals surface area contributed by atoms with Crippen LogP contribution in [0.4, 0.5) is 0 Å². The smallest absolute Gasteiger partial charge is 0.356 e. The SMILES string of the molecule is COc1ccc(Br)cc1Cn1nc(C(=O)O)ccc1=O. The monoisotopic (exact) mass is 338 g/mol. The van der Waals surface area contributed by atoms with E-state index in [1.165, 1.54) is 19.2 Å². The molecule has 0 aliphatic rings. The summed E-state index contributed by atoms with van der Waals surface area (Å²) < 4.78 is 7.13. The number of aromatic nitrogens is 2. The zero-order valence-corrected chi connectivity index (χ0v) is 12.1. The van der Waals surface area contributed by atoms with Crippen LogP contribution in [0, 0.1) is 0 Å². The van der Waals surface area contributed by atoms with Crippen LogP contribution in [-0.2, 0) is 6.54 Å². The summed E-state index contributed by atoms with van der Waals surface area (Å²) in [6.07, 6.45) is 0. The summed E-state index contributed by atoms with van der Waals surface area (Å²) in [5.74, 6) is -0.581. The van der Waals surface area contributed by atoms with Gasteiger partial charge < -0.3 is 9.84 Å². The lowest BCUT2D eigenvalue weighted by atomic mass is 10.2. The molecule has 104 valence electrons. The van der Waals surface area contributed by atoms with Crippen LogP contribution >= 0.6 is 15.9 Å². The van der Waals surface area contributed by atoms with E-state index in [0.717, 1.165) is 14.7 Å². The maximum Gasteiger partial charge on any atom is 0.356 e. The van der Waals surface area contributed by atoms with Crippen LogP contribution in [0.3, 0.4) is 0 Å². The van der Waals surface area contributed by atoms with Crippen molar-refractivity contribution in [2.75, 3.05) is 7.11 Å². The van der Waals surface area contributed by atoms with Crippen molar-refractivity contribution in [3.63, 3.8) is 0 Å². The molecule has 0 aliphatic heterocycles. The molecule has 1 heterocycles. The third-order valence-corrected chi connectivity index (χ3v) is 3.14. The van der Waals surface area contributed by atoms with E-state index in [-0.39, 0.29) is 17.8 Å². The summed E-state index contributed by atoms with van der Waals surface area (Å²) in [6, 6.07) is 7.72. The molecule has 0 spiro atoms. The third kappa shape index (κ3) is 3.05. The van der Waals surface area contributed by atoms with Crippen LogP contribution in [-0.4, -0.2) is 28.0 Å². The number of halogens is 1. The second-order valence-corrected chi connectivity index (χ2v) is 4.89. The normalized spacial score (nSPS) is 10.3. The highest BCUT2D eigenvalue weighted by atomic mass is 79.9. The standard InChI is InChI=1S/C13H11BrN2O4/c1-20-11-4-2-9(14)6-8(11)7-16-12(17)5-3-10(15-16)13(18)19/h2-6H,7H2,1H3,(H,18,19). The molecule has 0 atom stereocenters. The maximum absolute atomic E-state index is 11.7. The molecule has 0 bridgehead atoms. The molecule has 0 radical (unpaired) electrons. The van der Waals surface area contributed by atoms with E-state index in [4.69, 9.17) is 9.84 Å². The van der Waals surface area contributed by atoms with E-state index >= 15 is 0 Å².